The highest BCUT2D eigenvalue weighted by Crippen LogP contribution is 2.43. The second-order valence-electron chi connectivity index (χ2n) is 13.4. The van der Waals surface area contributed by atoms with Crippen LogP contribution in [0.15, 0.2) is 85.5 Å². The third kappa shape index (κ3) is 7.83. The van der Waals surface area contributed by atoms with E-state index in [0.717, 1.165) is 41.6 Å². The van der Waals surface area contributed by atoms with E-state index in [-0.39, 0.29) is 31.3 Å². The fraction of sp³-hybridized carbons (Fsp3) is 0.341. The van der Waals surface area contributed by atoms with Crippen LogP contribution in [0, 0.1) is 35.0 Å². The number of aliphatic hydroxyl groups excluding tert-OH is 1. The van der Waals surface area contributed by atoms with E-state index in [2.05, 4.69) is 23.7 Å². The Bertz CT molecular complexity index is 1850. The number of carbonyl (C=O) groups excluding carboxylic acids is 1. The van der Waals surface area contributed by atoms with E-state index >= 15 is 0 Å². The van der Waals surface area contributed by atoms with Crippen molar-refractivity contribution in [1.82, 2.24) is 10.2 Å². The molecule has 11 heteroatoms. The molecule has 4 aromatic carbocycles. The van der Waals surface area contributed by atoms with Crippen LogP contribution in [0.5, 0.6) is 0 Å². The molecule has 274 valence electrons. The molecule has 1 amide bonds. The van der Waals surface area contributed by atoms with Crippen molar-refractivity contribution in [3.05, 3.63) is 142 Å². The van der Waals surface area contributed by atoms with Gasteiger partial charge in [0.15, 0.2) is 29.6 Å². The van der Waals surface area contributed by atoms with Crippen LogP contribution in [0.25, 0.3) is 11.1 Å². The summed E-state index contributed by atoms with van der Waals surface area (Å²) in [6, 6.07) is 22.7. The van der Waals surface area contributed by atoms with Gasteiger partial charge in [0.2, 0.25) is 5.82 Å². The minimum atomic E-state index is -2.33. The van der Waals surface area contributed by atoms with Crippen molar-refractivity contribution in [3.63, 3.8) is 0 Å². The van der Waals surface area contributed by atoms with Crippen molar-refractivity contribution in [2.75, 3.05) is 13.1 Å². The van der Waals surface area contributed by atoms with Gasteiger partial charge in [-0.15, -0.1) is 6.58 Å². The molecule has 1 aliphatic heterocycles. The molecular formula is C41H41F5N2O4. The van der Waals surface area contributed by atoms with Gasteiger partial charge in [0, 0.05) is 37.2 Å². The molecule has 52 heavy (non-hydrogen) atoms. The van der Waals surface area contributed by atoms with E-state index in [1.54, 1.807) is 24.3 Å². The lowest BCUT2D eigenvalue weighted by atomic mass is 9.89. The number of benzene rings is 4. The van der Waals surface area contributed by atoms with Gasteiger partial charge in [0.25, 0.3) is 5.91 Å². The summed E-state index contributed by atoms with van der Waals surface area (Å²) in [6.07, 6.45) is 5.50. The molecule has 2 N–H and O–H groups in total. The van der Waals surface area contributed by atoms with Gasteiger partial charge >= 0.3 is 0 Å². The summed E-state index contributed by atoms with van der Waals surface area (Å²) in [6.45, 7) is 7.30. The van der Waals surface area contributed by atoms with Gasteiger partial charge in [-0.25, -0.2) is 22.0 Å². The second kappa shape index (κ2) is 16.5. The molecule has 4 atom stereocenters. The van der Waals surface area contributed by atoms with E-state index in [4.69, 9.17) is 9.47 Å². The largest absolute Gasteiger partial charge is 0.392 e. The predicted molar refractivity (Wildman–Crippen MR) is 186 cm³/mol. The van der Waals surface area contributed by atoms with Crippen LogP contribution in [0.1, 0.15) is 77.6 Å². The van der Waals surface area contributed by atoms with Gasteiger partial charge in [0.1, 0.15) is 5.56 Å². The number of carbonyl (C=O) groups is 1. The average molecular weight is 721 g/mol. The van der Waals surface area contributed by atoms with Crippen molar-refractivity contribution in [2.24, 2.45) is 5.92 Å². The van der Waals surface area contributed by atoms with E-state index in [0.29, 0.717) is 23.7 Å². The van der Waals surface area contributed by atoms with Gasteiger partial charge in [-0.1, -0.05) is 98.6 Å². The van der Waals surface area contributed by atoms with E-state index in [9.17, 15) is 31.9 Å². The molecule has 4 unspecified atom stereocenters. The first-order chi connectivity index (χ1) is 25.1. The van der Waals surface area contributed by atoms with Crippen LogP contribution >= 0.6 is 0 Å². The zero-order valence-corrected chi connectivity index (χ0v) is 28.8. The van der Waals surface area contributed by atoms with Gasteiger partial charge in [0.05, 0.1) is 18.8 Å². The van der Waals surface area contributed by atoms with Gasteiger partial charge in [-0.05, 0) is 40.7 Å². The van der Waals surface area contributed by atoms with Crippen LogP contribution in [0.4, 0.5) is 22.0 Å². The third-order valence-corrected chi connectivity index (χ3v) is 10.1. The van der Waals surface area contributed by atoms with Crippen LogP contribution < -0.4 is 5.32 Å². The zero-order chi connectivity index (χ0) is 36.9. The van der Waals surface area contributed by atoms with Crippen molar-refractivity contribution in [1.29, 1.82) is 0 Å². The normalized spacial score (nSPS) is 20.7. The maximum absolute atomic E-state index is 14.3. The van der Waals surface area contributed by atoms with Crippen molar-refractivity contribution < 1.29 is 41.3 Å². The molecule has 2 aliphatic rings. The minimum absolute atomic E-state index is 0.0103. The Morgan fingerprint density at radius 2 is 1.48 bits per heavy atom. The smallest absolute Gasteiger partial charge is 0.257 e. The lowest BCUT2D eigenvalue weighted by molar-refractivity contribution is -0.276. The Hall–Kier alpha value is -4.42. The molecule has 1 saturated carbocycles. The van der Waals surface area contributed by atoms with Crippen LogP contribution in [-0.2, 0) is 22.6 Å². The van der Waals surface area contributed by atoms with Crippen LogP contribution in [0.2, 0.25) is 0 Å². The number of halogens is 5. The summed E-state index contributed by atoms with van der Waals surface area (Å²) in [4.78, 5) is 15.1. The van der Waals surface area contributed by atoms with Crippen molar-refractivity contribution >= 4 is 5.91 Å². The minimum Gasteiger partial charge on any atom is -0.392 e. The van der Waals surface area contributed by atoms with Gasteiger partial charge < -0.3 is 19.9 Å². The van der Waals surface area contributed by atoms with Crippen molar-refractivity contribution in [2.45, 2.75) is 70.3 Å². The number of rotatable bonds is 12. The second-order valence-corrected chi connectivity index (χ2v) is 13.4. The molecule has 1 heterocycles. The predicted octanol–water partition coefficient (Wildman–Crippen LogP) is 8.69. The zero-order valence-electron chi connectivity index (χ0n) is 28.8. The Morgan fingerprint density at radius 1 is 0.865 bits per heavy atom. The Labute approximate surface area is 299 Å². The Morgan fingerprint density at radius 3 is 2.12 bits per heavy atom. The quantitative estimate of drug-likeness (QED) is 0.0664. The van der Waals surface area contributed by atoms with Crippen LogP contribution in [0.3, 0.4) is 0 Å². The maximum Gasteiger partial charge on any atom is 0.257 e. The number of hydrogen-bond acceptors (Lipinski definition) is 5. The molecule has 0 radical (unpaired) electrons. The molecule has 1 saturated heterocycles. The summed E-state index contributed by atoms with van der Waals surface area (Å²) in [5.74, 6) is -12.5. The summed E-state index contributed by atoms with van der Waals surface area (Å²) in [5, 5.41) is 11.9. The monoisotopic (exact) mass is 720 g/mol. The average Bonchev–Trinajstić information content (AvgIpc) is 3.72. The number of nitrogens with zero attached hydrogens (tertiary/aromatic N) is 1. The molecule has 6 nitrogen and oxygen atoms in total. The number of nitrogens with one attached hydrogen (secondary N) is 1. The fourth-order valence-corrected chi connectivity index (χ4v) is 7.21. The summed E-state index contributed by atoms with van der Waals surface area (Å²) < 4.78 is 82.9. The van der Waals surface area contributed by atoms with Crippen molar-refractivity contribution in [3.8, 4) is 11.1 Å². The van der Waals surface area contributed by atoms with Gasteiger partial charge in [-0.3, -0.25) is 9.69 Å². The molecule has 0 aromatic heterocycles. The summed E-state index contributed by atoms with van der Waals surface area (Å²) in [5.41, 5.74) is 3.01. The highest BCUT2D eigenvalue weighted by atomic mass is 19.2. The topological polar surface area (TPSA) is 71.0 Å². The van der Waals surface area contributed by atoms with Crippen LogP contribution in [-0.4, -0.2) is 41.1 Å². The lowest BCUT2D eigenvalue weighted by Gasteiger charge is -2.43. The highest BCUT2D eigenvalue weighted by Gasteiger charge is 2.40. The SMILES string of the molecule is C=CCN(CC1OC(c2ccc(-c3ccccc3CNC(=O)c3c(F)c(F)c(F)c(F)c3F)cc2)OC(c2ccc(CO)cc2)C1C)C1CCCC1. The summed E-state index contributed by atoms with van der Waals surface area (Å²) in [7, 11) is 0. The van der Waals surface area contributed by atoms with E-state index < -0.39 is 46.8 Å². The molecule has 1 aliphatic carbocycles. The number of ether oxygens (including phenoxy) is 2. The Balaban J connectivity index is 1.23. The lowest BCUT2D eigenvalue weighted by Crippen LogP contribution is -2.47. The van der Waals surface area contributed by atoms with Gasteiger partial charge in [-0.2, -0.15) is 0 Å². The third-order valence-electron chi connectivity index (χ3n) is 10.1. The molecule has 6 rings (SSSR count). The molecule has 2 fully saturated rings. The number of hydrogen-bond donors (Lipinski definition) is 2. The summed E-state index contributed by atoms with van der Waals surface area (Å²) >= 11 is 0. The number of aliphatic hydroxyl groups is 1. The molecule has 0 bridgehead atoms. The molecule has 4 aromatic rings. The van der Waals surface area contributed by atoms with E-state index in [1.165, 1.54) is 12.8 Å². The standard InChI is InChI=1S/C41H41F5N2O4/c1-3-20-48(30-9-5-6-10-30)22-32-24(2)39(27-14-12-25(23-49)13-15-27)52-41(51-32)28-18-16-26(17-19-28)31-11-7-4-8-29(31)21-47-40(50)33-34(42)36(44)38(46)37(45)35(33)43/h3-4,7-8,11-19,24,30,32,39,41,49H,1,5-6,9-10,20-23H2,2H3,(H,47,50). The molecule has 0 spiro atoms. The first-order valence-corrected chi connectivity index (χ1v) is 17.4. The molecular weight excluding hydrogens is 679 g/mol. The van der Waals surface area contributed by atoms with E-state index in [1.807, 2.05) is 54.6 Å². The highest BCUT2D eigenvalue weighted by molar-refractivity contribution is 5.95. The fourth-order valence-electron chi connectivity index (χ4n) is 7.21. The maximum atomic E-state index is 14.3. The Kier molecular flexibility index (Phi) is 11.8. The first kappa shape index (κ1) is 37.3. The number of amides is 1. The first-order valence-electron chi connectivity index (χ1n) is 17.4.